The molecule has 1 aromatic heterocycles. The van der Waals surface area contributed by atoms with Crippen molar-refractivity contribution in [2.45, 2.75) is 39.0 Å². The second-order valence-electron chi connectivity index (χ2n) is 6.62. The maximum Gasteiger partial charge on any atom is 0.219 e. The Morgan fingerprint density at radius 2 is 2.08 bits per heavy atom. The van der Waals surface area contributed by atoms with E-state index in [1.807, 2.05) is 17.8 Å². The minimum Gasteiger partial charge on any atom is -0.336 e. The van der Waals surface area contributed by atoms with Gasteiger partial charge in [0.2, 0.25) is 5.91 Å². The van der Waals surface area contributed by atoms with Crippen molar-refractivity contribution in [2.75, 3.05) is 24.6 Å². The smallest absolute Gasteiger partial charge is 0.219 e. The first kappa shape index (κ1) is 17.2. The molecule has 24 heavy (non-hydrogen) atoms. The third kappa shape index (κ3) is 3.12. The number of nitrogens with zero attached hydrogens (tertiary/aromatic N) is 4. The van der Waals surface area contributed by atoms with Crippen LogP contribution in [0.3, 0.4) is 0 Å². The molecule has 0 saturated carbocycles. The number of carbonyl (C=O) groups is 1. The van der Waals surface area contributed by atoms with Crippen molar-refractivity contribution < 1.29 is 13.2 Å². The molecule has 7 nitrogen and oxygen atoms in total. The number of piperazine rings is 1. The van der Waals surface area contributed by atoms with Gasteiger partial charge in [-0.1, -0.05) is 6.08 Å². The molecule has 0 radical (unpaired) electrons. The van der Waals surface area contributed by atoms with Gasteiger partial charge >= 0.3 is 0 Å². The number of rotatable bonds is 4. The summed E-state index contributed by atoms with van der Waals surface area (Å²) in [6.07, 6.45) is 3.64. The Morgan fingerprint density at radius 3 is 2.75 bits per heavy atom. The van der Waals surface area contributed by atoms with E-state index >= 15 is 0 Å². The zero-order valence-corrected chi connectivity index (χ0v) is 15.0. The van der Waals surface area contributed by atoms with Gasteiger partial charge in [-0.2, -0.15) is 5.10 Å². The summed E-state index contributed by atoms with van der Waals surface area (Å²) in [5.41, 5.74) is 2.16. The lowest BCUT2D eigenvalue weighted by atomic mass is 10.0. The Bertz CT molecular complexity index is 755. The van der Waals surface area contributed by atoms with Crippen LogP contribution in [0.15, 0.2) is 18.9 Å². The van der Waals surface area contributed by atoms with Gasteiger partial charge in [0, 0.05) is 43.9 Å². The highest BCUT2D eigenvalue weighted by Crippen LogP contribution is 2.28. The molecule has 0 unspecified atom stereocenters. The minimum atomic E-state index is -3.10. The molecule has 0 N–H and O–H groups in total. The second-order valence-corrected chi connectivity index (χ2v) is 8.77. The van der Waals surface area contributed by atoms with Gasteiger partial charge in [-0.15, -0.1) is 6.58 Å². The van der Waals surface area contributed by atoms with Crippen LogP contribution in [-0.4, -0.2) is 70.6 Å². The predicted molar refractivity (Wildman–Crippen MR) is 91.2 cm³/mol. The van der Waals surface area contributed by atoms with Gasteiger partial charge in [-0.3, -0.25) is 14.4 Å². The molecule has 0 spiro atoms. The van der Waals surface area contributed by atoms with Crippen molar-refractivity contribution in [3.8, 4) is 0 Å². The average molecular weight is 352 g/mol. The van der Waals surface area contributed by atoms with E-state index in [9.17, 15) is 13.2 Å². The molecule has 8 heteroatoms. The zero-order valence-electron chi connectivity index (χ0n) is 14.2. The van der Waals surface area contributed by atoms with Crippen LogP contribution in [0, 0.1) is 6.92 Å². The summed E-state index contributed by atoms with van der Waals surface area (Å²) in [7, 11) is -3.10. The Labute approximate surface area is 142 Å². The van der Waals surface area contributed by atoms with Crippen LogP contribution in [0.4, 0.5) is 0 Å². The molecular weight excluding hydrogens is 328 g/mol. The highest BCUT2D eigenvalue weighted by molar-refractivity contribution is 7.91. The molecule has 2 saturated heterocycles. The van der Waals surface area contributed by atoms with E-state index in [1.165, 1.54) is 6.92 Å². The highest BCUT2D eigenvalue weighted by atomic mass is 32.2. The van der Waals surface area contributed by atoms with Crippen molar-refractivity contribution >= 4 is 15.7 Å². The monoisotopic (exact) mass is 352 g/mol. The summed E-state index contributed by atoms with van der Waals surface area (Å²) < 4.78 is 26.1. The number of fused-ring (bicyclic) bond motifs is 1. The van der Waals surface area contributed by atoms with Crippen LogP contribution in [-0.2, 0) is 27.7 Å². The van der Waals surface area contributed by atoms with Crippen LogP contribution >= 0.6 is 0 Å². The van der Waals surface area contributed by atoms with E-state index in [-0.39, 0.29) is 29.5 Å². The van der Waals surface area contributed by atoms with E-state index < -0.39 is 9.84 Å². The number of hydrogen-bond donors (Lipinski definition) is 0. The van der Waals surface area contributed by atoms with Crippen molar-refractivity contribution in [2.24, 2.45) is 0 Å². The van der Waals surface area contributed by atoms with E-state index in [2.05, 4.69) is 16.6 Å². The minimum absolute atomic E-state index is 0.0447. The van der Waals surface area contributed by atoms with Gasteiger partial charge in [0.05, 0.1) is 30.3 Å². The van der Waals surface area contributed by atoms with Gasteiger partial charge in [-0.05, 0) is 6.92 Å². The van der Waals surface area contributed by atoms with Crippen molar-refractivity contribution in [3.05, 3.63) is 30.1 Å². The Morgan fingerprint density at radius 1 is 1.38 bits per heavy atom. The largest absolute Gasteiger partial charge is 0.336 e. The van der Waals surface area contributed by atoms with Gasteiger partial charge in [-0.25, -0.2) is 8.42 Å². The summed E-state index contributed by atoms with van der Waals surface area (Å²) in [5.74, 6) is 0.153. The molecule has 3 heterocycles. The highest BCUT2D eigenvalue weighted by Gasteiger charge is 2.47. The van der Waals surface area contributed by atoms with Crippen molar-refractivity contribution in [1.29, 1.82) is 0 Å². The van der Waals surface area contributed by atoms with Crippen LogP contribution in [0.1, 0.15) is 18.2 Å². The van der Waals surface area contributed by atoms with Crippen LogP contribution in [0.5, 0.6) is 0 Å². The average Bonchev–Trinajstić information content (AvgIpc) is 3.00. The Hall–Kier alpha value is -1.67. The molecule has 2 fully saturated rings. The number of sulfone groups is 1. The fraction of sp³-hybridized carbons (Fsp3) is 0.625. The lowest BCUT2D eigenvalue weighted by molar-refractivity contribution is -0.134. The summed E-state index contributed by atoms with van der Waals surface area (Å²) in [6.45, 7) is 9.83. The molecule has 0 aliphatic carbocycles. The van der Waals surface area contributed by atoms with E-state index in [0.717, 1.165) is 11.3 Å². The predicted octanol–water partition coefficient (Wildman–Crippen LogP) is 0.207. The normalized spacial score (nSPS) is 26.3. The SMILES string of the molecule is C=CCn1ncc(CN2CCN(C(C)=O)[C@@H]3CS(=O)(=O)C[C@@H]32)c1C. The standard InChI is InChI=1S/C16H24N4O3S/c1-4-5-20-12(2)14(8-17-20)9-18-6-7-19(13(3)21)16-11-24(22,23)10-15(16)18/h4,8,15-16H,1,5-7,9-11H2,2-3H3/t15-,16+/m0/s1. The number of aromatic nitrogens is 2. The van der Waals surface area contributed by atoms with E-state index in [0.29, 0.717) is 26.2 Å². The summed E-state index contributed by atoms with van der Waals surface area (Å²) in [4.78, 5) is 15.7. The molecule has 0 aromatic carbocycles. The van der Waals surface area contributed by atoms with Gasteiger partial charge < -0.3 is 4.90 Å². The maximum absolute atomic E-state index is 12.1. The lowest BCUT2D eigenvalue weighted by Gasteiger charge is -2.43. The third-order valence-electron chi connectivity index (χ3n) is 5.08. The first-order chi connectivity index (χ1) is 11.3. The Kier molecular flexibility index (Phi) is 4.52. The summed E-state index contributed by atoms with van der Waals surface area (Å²) in [6, 6.07) is -0.361. The molecule has 1 aromatic rings. The second kappa shape index (κ2) is 6.33. The number of hydrogen-bond acceptors (Lipinski definition) is 5. The number of allylic oxidation sites excluding steroid dienone is 1. The van der Waals surface area contributed by atoms with Crippen molar-refractivity contribution in [1.82, 2.24) is 19.6 Å². The van der Waals surface area contributed by atoms with Crippen LogP contribution in [0.25, 0.3) is 0 Å². The topological polar surface area (TPSA) is 75.5 Å². The zero-order chi connectivity index (χ0) is 17.5. The van der Waals surface area contributed by atoms with Gasteiger partial charge in [0.1, 0.15) is 0 Å². The first-order valence-corrected chi connectivity index (χ1v) is 9.98. The molecule has 0 bridgehead atoms. The fourth-order valence-corrected chi connectivity index (χ4v) is 5.79. The molecular formula is C16H24N4O3S. The third-order valence-corrected chi connectivity index (χ3v) is 6.77. The number of carbonyl (C=O) groups excluding carboxylic acids is 1. The maximum atomic E-state index is 12.1. The quantitative estimate of drug-likeness (QED) is 0.724. The van der Waals surface area contributed by atoms with Crippen LogP contribution < -0.4 is 0 Å². The van der Waals surface area contributed by atoms with Crippen molar-refractivity contribution in [3.63, 3.8) is 0 Å². The lowest BCUT2D eigenvalue weighted by Crippen LogP contribution is -2.59. The van der Waals surface area contributed by atoms with E-state index in [1.54, 1.807) is 11.0 Å². The summed E-state index contributed by atoms with van der Waals surface area (Å²) in [5, 5.41) is 4.36. The van der Waals surface area contributed by atoms with E-state index in [4.69, 9.17) is 0 Å². The number of amides is 1. The first-order valence-electron chi connectivity index (χ1n) is 8.16. The van der Waals surface area contributed by atoms with Gasteiger partial charge in [0.25, 0.3) is 0 Å². The Balaban J connectivity index is 1.82. The molecule has 132 valence electrons. The molecule has 3 rings (SSSR count). The molecule has 2 aliphatic heterocycles. The molecule has 2 aliphatic rings. The van der Waals surface area contributed by atoms with Gasteiger partial charge in [0.15, 0.2) is 9.84 Å². The molecule has 2 atom stereocenters. The fourth-order valence-electron chi connectivity index (χ4n) is 3.78. The van der Waals surface area contributed by atoms with Crippen LogP contribution in [0.2, 0.25) is 0 Å². The molecule has 1 amide bonds. The summed E-state index contributed by atoms with van der Waals surface area (Å²) >= 11 is 0.